The zero-order chi connectivity index (χ0) is 12.8. The van der Waals surface area contributed by atoms with Gasteiger partial charge in [-0.25, -0.2) is 0 Å². The molecule has 1 saturated carbocycles. The lowest BCUT2D eigenvalue weighted by atomic mass is 9.90. The molecule has 0 radical (unpaired) electrons. The van der Waals surface area contributed by atoms with Gasteiger partial charge in [-0.1, -0.05) is 19.3 Å². The maximum Gasteiger partial charge on any atom is 0.150 e. The van der Waals surface area contributed by atoms with Gasteiger partial charge in [0.25, 0.3) is 0 Å². The molecule has 3 nitrogen and oxygen atoms in total. The third-order valence-corrected chi connectivity index (χ3v) is 3.43. The fraction of sp³-hybridized carbons (Fsp3) is 0.467. The predicted molar refractivity (Wildman–Crippen MR) is 69.3 cm³/mol. The van der Waals surface area contributed by atoms with E-state index in [1.165, 1.54) is 32.1 Å². The van der Waals surface area contributed by atoms with Crippen LogP contribution in [0.2, 0.25) is 0 Å². The van der Waals surface area contributed by atoms with E-state index in [-0.39, 0.29) is 0 Å². The van der Waals surface area contributed by atoms with E-state index < -0.39 is 0 Å². The number of carbonyl (C=O) groups excluding carboxylic acids is 2. The highest BCUT2D eigenvalue weighted by Gasteiger charge is 2.14. The van der Waals surface area contributed by atoms with Crippen molar-refractivity contribution in [1.29, 1.82) is 0 Å². The third-order valence-electron chi connectivity index (χ3n) is 3.43. The van der Waals surface area contributed by atoms with Gasteiger partial charge in [0.2, 0.25) is 0 Å². The van der Waals surface area contributed by atoms with Gasteiger partial charge in [-0.2, -0.15) is 0 Å². The molecule has 0 amide bonds. The first-order valence-electron chi connectivity index (χ1n) is 6.50. The molecule has 2 rings (SSSR count). The molecule has 1 aliphatic carbocycles. The summed E-state index contributed by atoms with van der Waals surface area (Å²) in [5, 5.41) is 0. The van der Waals surface area contributed by atoms with Crippen LogP contribution in [0.3, 0.4) is 0 Å². The summed E-state index contributed by atoms with van der Waals surface area (Å²) in [6, 6.07) is 4.93. The van der Waals surface area contributed by atoms with E-state index in [0.29, 0.717) is 29.4 Å². The molecule has 1 aliphatic rings. The summed E-state index contributed by atoms with van der Waals surface area (Å²) in [6.45, 7) is 0.681. The molecule has 1 fully saturated rings. The number of carbonyl (C=O) groups is 2. The van der Waals surface area contributed by atoms with E-state index in [4.69, 9.17) is 4.74 Å². The average Bonchev–Trinajstić information content (AvgIpc) is 2.45. The van der Waals surface area contributed by atoms with E-state index in [0.717, 1.165) is 12.6 Å². The Morgan fingerprint density at radius 2 is 1.61 bits per heavy atom. The Bertz CT molecular complexity index is 393. The lowest BCUT2D eigenvalue weighted by Crippen LogP contribution is -2.15. The fourth-order valence-electron chi connectivity index (χ4n) is 2.43. The van der Waals surface area contributed by atoms with Crippen molar-refractivity contribution in [2.45, 2.75) is 32.1 Å². The summed E-state index contributed by atoms with van der Waals surface area (Å²) in [4.78, 5) is 21.5. The SMILES string of the molecule is O=Cc1cc(C=O)cc(OCC2CCCCC2)c1. The smallest absolute Gasteiger partial charge is 0.150 e. The Morgan fingerprint density at radius 1 is 1.00 bits per heavy atom. The summed E-state index contributed by atoms with van der Waals surface area (Å²) >= 11 is 0. The maximum absolute atomic E-state index is 10.8. The van der Waals surface area contributed by atoms with Gasteiger partial charge in [-0.05, 0) is 37.0 Å². The summed E-state index contributed by atoms with van der Waals surface area (Å²) in [5.74, 6) is 1.23. The molecule has 18 heavy (non-hydrogen) atoms. The zero-order valence-electron chi connectivity index (χ0n) is 10.4. The number of hydrogen-bond donors (Lipinski definition) is 0. The van der Waals surface area contributed by atoms with E-state index in [2.05, 4.69) is 0 Å². The summed E-state index contributed by atoms with van der Waals surface area (Å²) in [5.41, 5.74) is 0.969. The molecule has 0 unspecified atom stereocenters. The molecule has 3 heteroatoms. The molecular weight excluding hydrogens is 228 g/mol. The Morgan fingerprint density at radius 3 is 2.17 bits per heavy atom. The lowest BCUT2D eigenvalue weighted by Gasteiger charge is -2.21. The molecule has 0 atom stereocenters. The minimum absolute atomic E-state index is 0.484. The normalized spacial score (nSPS) is 16.2. The van der Waals surface area contributed by atoms with Crippen LogP contribution in [0.5, 0.6) is 5.75 Å². The molecule has 0 aliphatic heterocycles. The Kier molecular flexibility index (Phi) is 4.51. The highest BCUT2D eigenvalue weighted by Crippen LogP contribution is 2.25. The first-order chi connectivity index (χ1) is 8.81. The molecule has 0 spiro atoms. The first-order valence-corrected chi connectivity index (χ1v) is 6.50. The molecule has 0 bridgehead atoms. The van der Waals surface area contributed by atoms with Gasteiger partial charge in [-0.3, -0.25) is 9.59 Å². The molecule has 0 N–H and O–H groups in total. The summed E-state index contributed by atoms with van der Waals surface area (Å²) in [6.07, 6.45) is 7.79. The van der Waals surface area contributed by atoms with Crippen LogP contribution in [-0.2, 0) is 0 Å². The van der Waals surface area contributed by atoms with Crippen LogP contribution in [-0.4, -0.2) is 19.2 Å². The molecule has 0 saturated heterocycles. The zero-order valence-corrected chi connectivity index (χ0v) is 10.4. The van der Waals surface area contributed by atoms with Crippen LogP contribution in [0.25, 0.3) is 0 Å². The van der Waals surface area contributed by atoms with Gasteiger partial charge in [0.1, 0.15) is 18.3 Å². The van der Waals surface area contributed by atoms with Gasteiger partial charge in [-0.15, -0.1) is 0 Å². The number of benzene rings is 1. The van der Waals surface area contributed by atoms with Gasteiger partial charge in [0, 0.05) is 11.1 Å². The second-order valence-electron chi connectivity index (χ2n) is 4.89. The van der Waals surface area contributed by atoms with Crippen LogP contribution < -0.4 is 4.74 Å². The van der Waals surface area contributed by atoms with Crippen molar-refractivity contribution in [3.63, 3.8) is 0 Å². The van der Waals surface area contributed by atoms with Crippen LogP contribution >= 0.6 is 0 Å². The predicted octanol–water partition coefficient (Wildman–Crippen LogP) is 3.27. The van der Waals surface area contributed by atoms with Gasteiger partial charge >= 0.3 is 0 Å². The molecule has 1 aromatic rings. The summed E-state index contributed by atoms with van der Waals surface area (Å²) < 4.78 is 5.71. The minimum Gasteiger partial charge on any atom is -0.493 e. The lowest BCUT2D eigenvalue weighted by molar-refractivity contribution is 0.112. The largest absolute Gasteiger partial charge is 0.493 e. The van der Waals surface area contributed by atoms with E-state index >= 15 is 0 Å². The number of hydrogen-bond acceptors (Lipinski definition) is 3. The molecule has 96 valence electrons. The fourth-order valence-corrected chi connectivity index (χ4v) is 2.43. The van der Waals surface area contributed by atoms with Crippen LogP contribution in [0.15, 0.2) is 18.2 Å². The van der Waals surface area contributed by atoms with Crippen molar-refractivity contribution in [1.82, 2.24) is 0 Å². The topological polar surface area (TPSA) is 43.4 Å². The van der Waals surface area contributed by atoms with Gasteiger partial charge in [0.05, 0.1) is 6.61 Å². The molecule has 1 aromatic carbocycles. The van der Waals surface area contributed by atoms with Crippen molar-refractivity contribution in [2.24, 2.45) is 5.92 Å². The number of aldehydes is 2. The highest BCUT2D eigenvalue weighted by atomic mass is 16.5. The van der Waals surface area contributed by atoms with Gasteiger partial charge < -0.3 is 4.74 Å². The monoisotopic (exact) mass is 246 g/mol. The Hall–Kier alpha value is -1.64. The third kappa shape index (κ3) is 3.42. The van der Waals surface area contributed by atoms with Crippen molar-refractivity contribution in [2.75, 3.05) is 6.61 Å². The first kappa shape index (κ1) is 12.8. The Balaban J connectivity index is 1.99. The quantitative estimate of drug-likeness (QED) is 0.749. The molecule has 0 aromatic heterocycles. The number of ether oxygens (including phenoxy) is 1. The van der Waals surface area contributed by atoms with Crippen LogP contribution in [0, 0.1) is 5.92 Å². The second-order valence-corrected chi connectivity index (χ2v) is 4.89. The Labute approximate surface area is 107 Å². The molecular formula is C15H18O3. The summed E-state index contributed by atoms with van der Waals surface area (Å²) in [7, 11) is 0. The van der Waals surface area contributed by atoms with Crippen molar-refractivity contribution >= 4 is 12.6 Å². The van der Waals surface area contributed by atoms with Crippen molar-refractivity contribution < 1.29 is 14.3 Å². The second kappa shape index (κ2) is 6.34. The highest BCUT2D eigenvalue weighted by molar-refractivity contribution is 5.83. The van der Waals surface area contributed by atoms with Gasteiger partial charge in [0.15, 0.2) is 0 Å². The van der Waals surface area contributed by atoms with E-state index in [1.807, 2.05) is 0 Å². The van der Waals surface area contributed by atoms with Crippen molar-refractivity contribution in [3.8, 4) is 5.75 Å². The van der Waals surface area contributed by atoms with E-state index in [9.17, 15) is 9.59 Å². The van der Waals surface area contributed by atoms with Crippen LogP contribution in [0.4, 0.5) is 0 Å². The van der Waals surface area contributed by atoms with Crippen molar-refractivity contribution in [3.05, 3.63) is 29.3 Å². The standard InChI is InChI=1S/C15H18O3/c16-9-13-6-14(10-17)8-15(7-13)18-11-12-4-2-1-3-5-12/h6-10,12H,1-5,11H2. The van der Waals surface area contributed by atoms with E-state index in [1.54, 1.807) is 18.2 Å². The maximum atomic E-state index is 10.8. The number of rotatable bonds is 5. The molecule has 0 heterocycles. The average molecular weight is 246 g/mol. The van der Waals surface area contributed by atoms with Crippen LogP contribution in [0.1, 0.15) is 52.8 Å². The minimum atomic E-state index is 0.484.